The summed E-state index contributed by atoms with van der Waals surface area (Å²) in [4.78, 5) is 59.4. The van der Waals surface area contributed by atoms with Gasteiger partial charge in [-0.2, -0.15) is 39.5 Å². The number of Topliss-reactive ketones (excluding diaryl/α,β-unsaturated/α-hetero) is 6. The van der Waals surface area contributed by atoms with Crippen molar-refractivity contribution < 1.29 is 68.3 Å². The maximum absolute atomic E-state index is 11.3. The van der Waals surface area contributed by atoms with Crippen LogP contribution in [0, 0.1) is 19.3 Å². The van der Waals surface area contributed by atoms with E-state index in [0.29, 0.717) is 0 Å². The smallest absolute Gasteiger partial charge is 0.334 e. The Morgan fingerprint density at radius 2 is 0.581 bits per heavy atom. The molecule has 0 rings (SSSR count). The number of alkyl halides is 9. The van der Waals surface area contributed by atoms with E-state index in [1.807, 2.05) is 0 Å². The molecule has 0 saturated carbocycles. The molecular formula is C15H12AlF9O6. The summed E-state index contributed by atoms with van der Waals surface area (Å²) in [6, 6.07) is 0. The van der Waals surface area contributed by atoms with Gasteiger partial charge in [0.2, 0.25) is 0 Å². The number of halogens is 9. The van der Waals surface area contributed by atoms with Crippen LogP contribution in [-0.4, -0.2) is 70.6 Å². The molecule has 0 unspecified atom stereocenters. The van der Waals surface area contributed by atoms with E-state index in [9.17, 15) is 68.3 Å². The first-order chi connectivity index (χ1) is 13.0. The third-order valence-corrected chi connectivity index (χ3v) is 1.84. The molecule has 0 saturated heterocycles. The van der Waals surface area contributed by atoms with Crippen LogP contribution in [0.5, 0.6) is 0 Å². The van der Waals surface area contributed by atoms with Crippen molar-refractivity contribution in [3.8, 4) is 0 Å². The number of carbonyl (C=O) groups excluding carboxylic acids is 6. The van der Waals surface area contributed by atoms with Gasteiger partial charge in [0.25, 0.3) is 0 Å². The Morgan fingerprint density at radius 3 is 0.613 bits per heavy atom. The van der Waals surface area contributed by atoms with Crippen LogP contribution >= 0.6 is 0 Å². The van der Waals surface area contributed by atoms with Crippen molar-refractivity contribution in [1.82, 2.24) is 0 Å². The molecule has 0 aromatic carbocycles. The van der Waals surface area contributed by atoms with Crippen molar-refractivity contribution in [3.63, 3.8) is 0 Å². The summed E-state index contributed by atoms with van der Waals surface area (Å²) >= 11 is 0. The van der Waals surface area contributed by atoms with E-state index >= 15 is 0 Å². The minimum absolute atomic E-state index is 0. The van der Waals surface area contributed by atoms with Crippen molar-refractivity contribution >= 4 is 52.1 Å². The van der Waals surface area contributed by atoms with Crippen LogP contribution in [0.4, 0.5) is 39.5 Å². The molecule has 0 aliphatic carbocycles. The predicted molar refractivity (Wildman–Crippen MR) is 83.9 cm³/mol. The zero-order valence-corrected chi connectivity index (χ0v) is 16.8. The van der Waals surface area contributed by atoms with Crippen molar-refractivity contribution in [2.75, 3.05) is 0 Å². The van der Waals surface area contributed by atoms with Crippen molar-refractivity contribution in [3.05, 3.63) is 19.3 Å². The first-order valence-electron chi connectivity index (χ1n) is 6.91. The van der Waals surface area contributed by atoms with Crippen molar-refractivity contribution in [2.45, 2.75) is 39.3 Å². The molecular weight excluding hydrogens is 474 g/mol. The van der Waals surface area contributed by atoms with Gasteiger partial charge in [-0.05, 0) is 20.8 Å². The Balaban J connectivity index is -0.000000174. The summed E-state index contributed by atoms with van der Waals surface area (Å²) in [5, 5.41) is 0. The molecule has 174 valence electrons. The summed E-state index contributed by atoms with van der Waals surface area (Å²) in [6.07, 6.45) is -14.7. The molecule has 0 fully saturated rings. The Bertz CT molecular complexity index is 573. The Labute approximate surface area is 179 Å². The average molecular weight is 486 g/mol. The van der Waals surface area contributed by atoms with Gasteiger partial charge in [-0.25, -0.2) is 0 Å². The van der Waals surface area contributed by atoms with Crippen molar-refractivity contribution in [2.24, 2.45) is 0 Å². The van der Waals surface area contributed by atoms with Gasteiger partial charge in [-0.3, -0.25) is 19.3 Å². The van der Waals surface area contributed by atoms with Gasteiger partial charge in [-0.15, -0.1) is 0 Å². The molecule has 0 aliphatic heterocycles. The molecule has 0 atom stereocenters. The van der Waals surface area contributed by atoms with Crippen molar-refractivity contribution in [1.29, 1.82) is 0 Å². The minimum Gasteiger partial charge on any atom is -0.334 e. The molecule has 0 aromatic rings. The van der Waals surface area contributed by atoms with E-state index in [0.717, 1.165) is 20.8 Å². The fourth-order valence-corrected chi connectivity index (χ4v) is 0.799. The van der Waals surface area contributed by atoms with E-state index < -0.39 is 53.2 Å². The minimum atomic E-state index is -4.92. The zero-order valence-electron chi connectivity index (χ0n) is 15.7. The standard InChI is InChI=1S/3C5H4F3O2.Al/c3*1-3(9)2-4(10)5(6,7)8;/h3*2H,1H3;/q3*-1;+3. The zero-order chi connectivity index (χ0) is 25.1. The molecule has 0 aromatic heterocycles. The number of hydrogen-bond donors (Lipinski definition) is 0. The van der Waals surface area contributed by atoms with Gasteiger partial charge >= 0.3 is 35.9 Å². The largest absolute Gasteiger partial charge is 3.00 e. The molecule has 0 aliphatic rings. The van der Waals surface area contributed by atoms with Crippen LogP contribution in [-0.2, 0) is 28.8 Å². The Kier molecular flexibility index (Phi) is 16.8. The third-order valence-electron chi connectivity index (χ3n) is 1.84. The third kappa shape index (κ3) is 23.7. The Hall–Kier alpha value is -2.47. The molecule has 31 heavy (non-hydrogen) atoms. The summed E-state index contributed by atoms with van der Waals surface area (Å²) < 4.78 is 101. The second-order valence-corrected chi connectivity index (χ2v) is 4.85. The summed E-state index contributed by atoms with van der Waals surface area (Å²) in [5.41, 5.74) is 0. The molecule has 0 radical (unpaired) electrons. The number of rotatable bonds is 6. The van der Waals surface area contributed by atoms with Crippen LogP contribution in [0.2, 0.25) is 0 Å². The molecule has 0 N–H and O–H groups in total. The van der Waals surface area contributed by atoms with Gasteiger partial charge in [-0.1, -0.05) is 0 Å². The maximum Gasteiger partial charge on any atom is 3.00 e. The number of hydrogen-bond acceptors (Lipinski definition) is 6. The quantitative estimate of drug-likeness (QED) is 0.247. The monoisotopic (exact) mass is 486 g/mol. The van der Waals surface area contributed by atoms with E-state index in [1.54, 1.807) is 0 Å². The average Bonchev–Trinajstić information content (AvgIpc) is 2.43. The fourth-order valence-electron chi connectivity index (χ4n) is 0.799. The van der Waals surface area contributed by atoms with Crippen LogP contribution < -0.4 is 0 Å². The van der Waals surface area contributed by atoms with Gasteiger partial charge in [0.15, 0.2) is 0 Å². The first-order valence-corrected chi connectivity index (χ1v) is 6.91. The van der Waals surface area contributed by atoms with E-state index in [2.05, 4.69) is 0 Å². The molecule has 0 spiro atoms. The normalized spacial score (nSPS) is 10.5. The number of carbonyl (C=O) groups is 6. The van der Waals surface area contributed by atoms with Crippen LogP contribution in [0.1, 0.15) is 20.8 Å². The van der Waals surface area contributed by atoms with E-state index in [1.165, 1.54) is 0 Å². The topological polar surface area (TPSA) is 102 Å². The van der Waals surface area contributed by atoms with Crippen LogP contribution in [0.3, 0.4) is 0 Å². The molecule has 0 bridgehead atoms. The molecule has 16 heteroatoms. The van der Waals surface area contributed by atoms with Gasteiger partial charge in [0.05, 0.1) is 0 Å². The van der Waals surface area contributed by atoms with Gasteiger partial charge in [0.1, 0.15) is 17.3 Å². The van der Waals surface area contributed by atoms with E-state index in [-0.39, 0.29) is 36.6 Å². The van der Waals surface area contributed by atoms with Gasteiger partial charge < -0.3 is 28.8 Å². The van der Waals surface area contributed by atoms with Crippen LogP contribution in [0.15, 0.2) is 0 Å². The molecule has 6 nitrogen and oxygen atoms in total. The second-order valence-electron chi connectivity index (χ2n) is 4.85. The number of ketones is 6. The Morgan fingerprint density at radius 1 is 0.452 bits per heavy atom. The molecule has 0 heterocycles. The predicted octanol–water partition coefficient (Wildman–Crippen LogP) is 2.35. The van der Waals surface area contributed by atoms with E-state index in [4.69, 9.17) is 0 Å². The van der Waals surface area contributed by atoms with Gasteiger partial charge in [0, 0.05) is 17.3 Å². The molecule has 0 amide bonds. The second kappa shape index (κ2) is 14.5. The summed E-state index contributed by atoms with van der Waals surface area (Å²) in [6.45, 7) is 2.64. The van der Waals surface area contributed by atoms with Crippen LogP contribution in [0.25, 0.3) is 0 Å². The first kappa shape index (κ1) is 35.9. The fraction of sp³-hybridized carbons (Fsp3) is 0.400. The SMILES string of the molecule is CC(=O)[CH-]C(=O)C(F)(F)F.CC(=O)[CH-]C(=O)C(F)(F)F.CC(=O)[CH-]C(=O)C(F)(F)F.[Al+3]. The summed E-state index contributed by atoms with van der Waals surface area (Å²) in [7, 11) is 0. The summed E-state index contributed by atoms with van der Waals surface area (Å²) in [5.74, 6) is -9.04. The maximum atomic E-state index is 11.3.